The fraction of sp³-hybridized carbons (Fsp3) is 0.263. The number of piperazine rings is 1. The van der Waals surface area contributed by atoms with Gasteiger partial charge < -0.3 is 15.1 Å². The Hall–Kier alpha value is -3.22. The quantitative estimate of drug-likeness (QED) is 0.778. The number of aryl methyl sites for hydroxylation is 1. The Labute approximate surface area is 152 Å². The van der Waals surface area contributed by atoms with E-state index >= 15 is 0 Å². The van der Waals surface area contributed by atoms with Crippen LogP contribution in [0.15, 0.2) is 54.9 Å². The molecule has 2 aromatic heterocycles. The lowest BCUT2D eigenvalue weighted by Crippen LogP contribution is -2.47. The van der Waals surface area contributed by atoms with Gasteiger partial charge in [-0.15, -0.1) is 5.10 Å². The predicted octanol–water partition coefficient (Wildman–Crippen LogP) is 2.65. The first-order valence-electron chi connectivity index (χ1n) is 8.73. The molecule has 1 aliphatic heterocycles. The monoisotopic (exact) mass is 347 g/mol. The van der Waals surface area contributed by atoms with Crippen molar-refractivity contribution in [2.75, 3.05) is 41.3 Å². The molecule has 0 atom stereocenters. The predicted molar refractivity (Wildman–Crippen MR) is 103 cm³/mol. The maximum absolute atomic E-state index is 4.64. The largest absolute Gasteiger partial charge is 0.353 e. The minimum Gasteiger partial charge on any atom is -0.353 e. The fourth-order valence-electron chi connectivity index (χ4n) is 3.04. The maximum Gasteiger partial charge on any atom is 0.249 e. The van der Waals surface area contributed by atoms with E-state index in [0.29, 0.717) is 5.95 Å². The van der Waals surface area contributed by atoms with Crippen molar-refractivity contribution in [3.8, 4) is 0 Å². The zero-order chi connectivity index (χ0) is 17.8. The molecule has 0 amide bonds. The van der Waals surface area contributed by atoms with Gasteiger partial charge in [0.05, 0.1) is 6.20 Å². The van der Waals surface area contributed by atoms with Crippen molar-refractivity contribution in [1.29, 1.82) is 0 Å². The number of para-hydroxylation sites is 1. The molecule has 3 heterocycles. The molecular weight excluding hydrogens is 326 g/mol. The number of hydrogen-bond donors (Lipinski definition) is 1. The van der Waals surface area contributed by atoms with E-state index in [1.807, 2.05) is 42.6 Å². The van der Waals surface area contributed by atoms with Crippen LogP contribution in [0, 0.1) is 6.92 Å². The lowest BCUT2D eigenvalue weighted by molar-refractivity contribution is 0.639. The molecule has 7 heteroatoms. The van der Waals surface area contributed by atoms with E-state index in [2.05, 4.69) is 48.3 Å². The zero-order valence-electron chi connectivity index (χ0n) is 14.7. The van der Waals surface area contributed by atoms with Crippen molar-refractivity contribution in [2.45, 2.75) is 6.92 Å². The topological polar surface area (TPSA) is 70.1 Å². The lowest BCUT2D eigenvalue weighted by atomic mass is 10.2. The van der Waals surface area contributed by atoms with Crippen LogP contribution in [0.2, 0.25) is 0 Å². The summed E-state index contributed by atoms with van der Waals surface area (Å²) in [6.07, 6.45) is 3.55. The van der Waals surface area contributed by atoms with Gasteiger partial charge in [0.15, 0.2) is 5.82 Å². The van der Waals surface area contributed by atoms with Crippen LogP contribution in [0.25, 0.3) is 0 Å². The highest BCUT2D eigenvalue weighted by Gasteiger charge is 2.19. The van der Waals surface area contributed by atoms with Crippen molar-refractivity contribution in [3.05, 3.63) is 60.4 Å². The lowest BCUT2D eigenvalue weighted by Gasteiger charge is -2.35. The van der Waals surface area contributed by atoms with Gasteiger partial charge in [0.2, 0.25) is 5.95 Å². The molecule has 26 heavy (non-hydrogen) atoms. The Bertz CT molecular complexity index is 861. The van der Waals surface area contributed by atoms with Crippen LogP contribution < -0.4 is 15.1 Å². The maximum atomic E-state index is 4.64. The molecule has 0 unspecified atom stereocenters. The summed E-state index contributed by atoms with van der Waals surface area (Å²) < 4.78 is 0. The highest BCUT2D eigenvalue weighted by molar-refractivity contribution is 5.58. The van der Waals surface area contributed by atoms with Crippen LogP contribution in [0.3, 0.4) is 0 Å². The molecule has 0 aliphatic carbocycles. The summed E-state index contributed by atoms with van der Waals surface area (Å²) in [6, 6.07) is 14.1. The average Bonchev–Trinajstić information content (AvgIpc) is 2.71. The van der Waals surface area contributed by atoms with Crippen molar-refractivity contribution < 1.29 is 0 Å². The molecule has 7 nitrogen and oxygen atoms in total. The van der Waals surface area contributed by atoms with E-state index in [0.717, 1.165) is 49.1 Å². The Kier molecular flexibility index (Phi) is 4.59. The second kappa shape index (κ2) is 7.35. The molecule has 0 saturated carbocycles. The Balaban J connectivity index is 1.44. The summed E-state index contributed by atoms with van der Waals surface area (Å²) >= 11 is 0. The first kappa shape index (κ1) is 16.3. The third-order valence-corrected chi connectivity index (χ3v) is 4.51. The second-order valence-electron chi connectivity index (χ2n) is 6.24. The summed E-state index contributed by atoms with van der Waals surface area (Å²) in [7, 11) is 0. The number of nitrogens with one attached hydrogen (secondary N) is 1. The SMILES string of the molecule is Cc1ccccc1Nc1nncc(N2CCN(c3ccccn3)CC2)n1. The number of benzene rings is 1. The molecule has 0 spiro atoms. The van der Waals surface area contributed by atoms with Crippen molar-refractivity contribution in [1.82, 2.24) is 20.2 Å². The second-order valence-corrected chi connectivity index (χ2v) is 6.24. The van der Waals surface area contributed by atoms with Gasteiger partial charge in [-0.3, -0.25) is 0 Å². The van der Waals surface area contributed by atoms with Gasteiger partial charge in [-0.05, 0) is 30.7 Å². The van der Waals surface area contributed by atoms with E-state index in [1.165, 1.54) is 0 Å². The van der Waals surface area contributed by atoms with Gasteiger partial charge in [0.1, 0.15) is 5.82 Å². The third-order valence-electron chi connectivity index (χ3n) is 4.51. The molecule has 0 bridgehead atoms. The summed E-state index contributed by atoms with van der Waals surface area (Å²) in [5, 5.41) is 11.5. The molecule has 1 N–H and O–H groups in total. The van der Waals surface area contributed by atoms with E-state index in [9.17, 15) is 0 Å². The molecular formula is C19H21N7. The summed E-state index contributed by atoms with van der Waals surface area (Å²) in [5.74, 6) is 2.38. The molecule has 4 rings (SSSR count). The Morgan fingerprint density at radius 2 is 1.62 bits per heavy atom. The van der Waals surface area contributed by atoms with Crippen molar-refractivity contribution in [2.24, 2.45) is 0 Å². The number of hydrogen-bond acceptors (Lipinski definition) is 7. The Morgan fingerprint density at radius 3 is 2.35 bits per heavy atom. The van der Waals surface area contributed by atoms with Crippen molar-refractivity contribution >= 4 is 23.3 Å². The highest BCUT2D eigenvalue weighted by atomic mass is 15.3. The number of nitrogens with zero attached hydrogens (tertiary/aromatic N) is 6. The van der Waals surface area contributed by atoms with E-state index < -0.39 is 0 Å². The van der Waals surface area contributed by atoms with Crippen LogP contribution in [-0.4, -0.2) is 46.3 Å². The number of rotatable bonds is 4. The van der Waals surface area contributed by atoms with Crippen LogP contribution >= 0.6 is 0 Å². The van der Waals surface area contributed by atoms with Crippen LogP contribution in [0.5, 0.6) is 0 Å². The van der Waals surface area contributed by atoms with Gasteiger partial charge in [0.25, 0.3) is 0 Å². The molecule has 132 valence electrons. The molecule has 1 fully saturated rings. The number of anilines is 4. The van der Waals surface area contributed by atoms with E-state index in [4.69, 9.17) is 0 Å². The average molecular weight is 347 g/mol. The highest BCUT2D eigenvalue weighted by Crippen LogP contribution is 2.20. The zero-order valence-corrected chi connectivity index (χ0v) is 14.7. The van der Waals surface area contributed by atoms with Crippen LogP contribution in [-0.2, 0) is 0 Å². The molecule has 3 aromatic rings. The molecule has 0 radical (unpaired) electrons. The number of pyridine rings is 1. The first-order valence-corrected chi connectivity index (χ1v) is 8.73. The fourth-order valence-corrected chi connectivity index (χ4v) is 3.04. The van der Waals surface area contributed by atoms with Gasteiger partial charge in [-0.1, -0.05) is 24.3 Å². The van der Waals surface area contributed by atoms with Crippen molar-refractivity contribution in [3.63, 3.8) is 0 Å². The van der Waals surface area contributed by atoms with Gasteiger partial charge in [-0.2, -0.15) is 10.1 Å². The normalized spacial score (nSPS) is 14.3. The summed E-state index contributed by atoms with van der Waals surface area (Å²) in [4.78, 5) is 13.6. The van der Waals surface area contributed by atoms with Gasteiger partial charge in [-0.25, -0.2) is 4.98 Å². The summed E-state index contributed by atoms with van der Waals surface area (Å²) in [5.41, 5.74) is 2.14. The minimum absolute atomic E-state index is 0.518. The standard InChI is InChI=1S/C19H21N7/c1-15-6-2-3-7-16(15)22-19-23-18(14-21-24-19)26-12-10-25(11-13-26)17-8-4-5-9-20-17/h2-9,14H,10-13H2,1H3,(H,22,23,24). The number of aromatic nitrogens is 4. The molecule has 1 aromatic carbocycles. The van der Waals surface area contributed by atoms with Gasteiger partial charge in [0, 0.05) is 38.1 Å². The Morgan fingerprint density at radius 1 is 0.885 bits per heavy atom. The molecule has 1 saturated heterocycles. The summed E-state index contributed by atoms with van der Waals surface area (Å²) in [6.45, 7) is 5.61. The van der Waals surface area contributed by atoms with E-state index in [1.54, 1.807) is 6.20 Å². The molecule has 1 aliphatic rings. The van der Waals surface area contributed by atoms with Crippen LogP contribution in [0.4, 0.5) is 23.3 Å². The minimum atomic E-state index is 0.518. The third kappa shape index (κ3) is 3.56. The smallest absolute Gasteiger partial charge is 0.249 e. The van der Waals surface area contributed by atoms with E-state index in [-0.39, 0.29) is 0 Å². The van der Waals surface area contributed by atoms with Crippen LogP contribution in [0.1, 0.15) is 5.56 Å². The van der Waals surface area contributed by atoms with Gasteiger partial charge >= 0.3 is 0 Å². The first-order chi connectivity index (χ1) is 12.8.